The highest BCUT2D eigenvalue weighted by Crippen LogP contribution is 2.40. The number of carbonyl (C=O) groups is 2. The van der Waals surface area contributed by atoms with Crippen LogP contribution in [0.25, 0.3) is 0 Å². The Bertz CT molecular complexity index is 1300. The van der Waals surface area contributed by atoms with Crippen LogP contribution in [0.4, 0.5) is 28.4 Å². The number of hydrogen-bond donors (Lipinski definition) is 0. The smallest absolute Gasteiger partial charge is 0.282 e. The lowest BCUT2D eigenvalue weighted by molar-refractivity contribution is -0.385. The number of amides is 2. The van der Waals surface area contributed by atoms with E-state index in [9.17, 15) is 19.7 Å². The summed E-state index contributed by atoms with van der Waals surface area (Å²) in [7, 11) is 0. The second-order valence-corrected chi connectivity index (χ2v) is 7.43. The average molecular weight is 451 g/mol. The molecule has 0 N–H and O–H groups in total. The van der Waals surface area contributed by atoms with Gasteiger partial charge in [0.2, 0.25) is 5.91 Å². The highest BCUT2D eigenvalue weighted by atomic mass is 16.6. The van der Waals surface area contributed by atoms with Crippen LogP contribution in [-0.2, 0) is 4.79 Å². The fourth-order valence-corrected chi connectivity index (χ4v) is 3.78. The van der Waals surface area contributed by atoms with Crippen molar-refractivity contribution >= 4 is 40.3 Å². The largest absolute Gasteiger partial charge is 0.308 e. The Morgan fingerprint density at radius 2 is 1.15 bits per heavy atom. The minimum atomic E-state index is -0.770. The molecule has 7 nitrogen and oxygen atoms in total. The van der Waals surface area contributed by atoms with E-state index in [0.717, 1.165) is 16.3 Å². The molecule has 7 heteroatoms. The van der Waals surface area contributed by atoms with Gasteiger partial charge in [-0.1, -0.05) is 60.7 Å². The van der Waals surface area contributed by atoms with Gasteiger partial charge in [0.1, 0.15) is 5.56 Å². The van der Waals surface area contributed by atoms with Gasteiger partial charge in [-0.25, -0.2) is 4.90 Å². The van der Waals surface area contributed by atoms with E-state index in [0.29, 0.717) is 11.4 Å². The van der Waals surface area contributed by atoms with Crippen molar-refractivity contribution < 1.29 is 14.5 Å². The number of anilines is 4. The van der Waals surface area contributed by atoms with Crippen LogP contribution in [0, 0.1) is 10.1 Å². The molecular weight excluding hydrogens is 430 g/mol. The van der Waals surface area contributed by atoms with Gasteiger partial charge in [-0.2, -0.15) is 0 Å². The molecule has 0 bridgehead atoms. The Morgan fingerprint density at radius 1 is 0.676 bits per heavy atom. The zero-order valence-corrected chi connectivity index (χ0v) is 18.4. The van der Waals surface area contributed by atoms with Crippen molar-refractivity contribution in [3.8, 4) is 0 Å². The van der Waals surface area contributed by atoms with Crippen LogP contribution in [0.1, 0.15) is 17.3 Å². The molecule has 4 rings (SSSR count). The number of benzene rings is 4. The first kappa shape index (κ1) is 22.4. The minimum absolute atomic E-state index is 0.163. The highest BCUT2D eigenvalue weighted by molar-refractivity contribution is 6.23. The summed E-state index contributed by atoms with van der Waals surface area (Å²) in [6, 6.07) is 31.7. The van der Waals surface area contributed by atoms with E-state index in [1.807, 2.05) is 71.6 Å². The van der Waals surface area contributed by atoms with E-state index in [1.165, 1.54) is 31.2 Å². The molecule has 0 atom stereocenters. The number of carbonyl (C=O) groups excluding carboxylic acids is 2. The molecule has 0 heterocycles. The van der Waals surface area contributed by atoms with Crippen LogP contribution < -0.4 is 9.80 Å². The van der Waals surface area contributed by atoms with E-state index in [2.05, 4.69) is 0 Å². The summed E-state index contributed by atoms with van der Waals surface area (Å²) in [4.78, 5) is 40.2. The molecule has 34 heavy (non-hydrogen) atoms. The van der Waals surface area contributed by atoms with Gasteiger partial charge < -0.3 is 4.90 Å². The van der Waals surface area contributed by atoms with Crippen molar-refractivity contribution in [2.45, 2.75) is 6.92 Å². The first-order valence-electron chi connectivity index (χ1n) is 10.6. The van der Waals surface area contributed by atoms with Crippen molar-refractivity contribution in [1.82, 2.24) is 0 Å². The van der Waals surface area contributed by atoms with Gasteiger partial charge in [-0.05, 0) is 42.5 Å². The van der Waals surface area contributed by atoms with Gasteiger partial charge in [0.15, 0.2) is 0 Å². The van der Waals surface area contributed by atoms with Gasteiger partial charge in [0, 0.05) is 24.4 Å². The number of nitrogens with zero attached hydrogens (tertiary/aromatic N) is 3. The fourth-order valence-electron chi connectivity index (χ4n) is 3.78. The molecular formula is C27H21N3O4. The first-order chi connectivity index (χ1) is 16.5. The maximum atomic E-state index is 13.5. The zero-order valence-electron chi connectivity index (χ0n) is 18.4. The monoisotopic (exact) mass is 451 g/mol. The van der Waals surface area contributed by atoms with Crippen LogP contribution in [0.3, 0.4) is 0 Å². The summed E-state index contributed by atoms with van der Waals surface area (Å²) in [5.74, 6) is -1.33. The van der Waals surface area contributed by atoms with Gasteiger partial charge in [0.25, 0.3) is 11.6 Å². The fraction of sp³-hybridized carbons (Fsp3) is 0.0370. The Hall–Kier alpha value is -4.78. The molecule has 0 aliphatic heterocycles. The molecule has 0 aliphatic rings. The second-order valence-electron chi connectivity index (χ2n) is 7.43. The molecule has 0 spiro atoms. The summed E-state index contributed by atoms with van der Waals surface area (Å²) in [6.45, 7) is 1.26. The van der Waals surface area contributed by atoms with Crippen molar-refractivity contribution in [2.75, 3.05) is 9.80 Å². The second kappa shape index (κ2) is 9.79. The average Bonchev–Trinajstić information content (AvgIpc) is 2.86. The van der Waals surface area contributed by atoms with Crippen LogP contribution in [0.2, 0.25) is 0 Å². The summed E-state index contributed by atoms with van der Waals surface area (Å²) in [5.41, 5.74) is 2.00. The van der Waals surface area contributed by atoms with E-state index in [-0.39, 0.29) is 11.3 Å². The lowest BCUT2D eigenvalue weighted by atomic mass is 10.1. The SMILES string of the molecule is CC(=O)N(C(=O)c1ccccc1[N+](=O)[O-])c1ccccc1N(c1ccccc1)c1ccccc1. The first-order valence-corrected chi connectivity index (χ1v) is 10.6. The van der Waals surface area contributed by atoms with Crippen molar-refractivity contribution in [3.05, 3.63) is 125 Å². The van der Waals surface area contributed by atoms with Crippen LogP contribution in [0.15, 0.2) is 109 Å². The number of rotatable bonds is 6. The number of para-hydroxylation sites is 5. The summed E-state index contributed by atoms with van der Waals surface area (Å²) < 4.78 is 0. The Balaban J connectivity index is 1.91. The normalized spacial score (nSPS) is 10.4. The predicted octanol–water partition coefficient (Wildman–Crippen LogP) is 6.26. The van der Waals surface area contributed by atoms with Crippen molar-refractivity contribution in [2.24, 2.45) is 0 Å². The van der Waals surface area contributed by atoms with Crippen molar-refractivity contribution in [1.29, 1.82) is 0 Å². The van der Waals surface area contributed by atoms with E-state index < -0.39 is 16.7 Å². The Labute approximate surface area is 196 Å². The topological polar surface area (TPSA) is 83.8 Å². The Kier molecular flexibility index (Phi) is 6.45. The molecule has 168 valence electrons. The van der Waals surface area contributed by atoms with E-state index in [4.69, 9.17) is 0 Å². The van der Waals surface area contributed by atoms with Gasteiger partial charge in [-0.15, -0.1) is 0 Å². The number of nitro groups is 1. The standard InChI is InChI=1S/C27H21N3O4/c1-20(31)28(27(32)23-16-8-9-17-24(23)30(33)34)25-18-10-11-19-26(25)29(21-12-4-2-5-13-21)22-14-6-3-7-15-22/h2-19H,1H3. The van der Waals surface area contributed by atoms with E-state index in [1.54, 1.807) is 18.2 Å². The third-order valence-electron chi connectivity index (χ3n) is 5.24. The summed E-state index contributed by atoms with van der Waals surface area (Å²) in [5, 5.41) is 11.5. The molecule has 0 saturated heterocycles. The number of imide groups is 1. The lowest BCUT2D eigenvalue weighted by Gasteiger charge is -2.30. The summed E-state index contributed by atoms with van der Waals surface area (Å²) in [6.07, 6.45) is 0. The van der Waals surface area contributed by atoms with E-state index >= 15 is 0 Å². The third kappa shape index (κ3) is 4.40. The maximum absolute atomic E-state index is 13.5. The van der Waals surface area contributed by atoms with Gasteiger partial charge >= 0.3 is 0 Å². The molecule has 0 aromatic heterocycles. The lowest BCUT2D eigenvalue weighted by Crippen LogP contribution is -2.36. The minimum Gasteiger partial charge on any atom is -0.308 e. The quantitative estimate of drug-likeness (QED) is 0.255. The van der Waals surface area contributed by atoms with Crippen molar-refractivity contribution in [3.63, 3.8) is 0 Å². The summed E-state index contributed by atoms with van der Waals surface area (Å²) >= 11 is 0. The third-order valence-corrected chi connectivity index (χ3v) is 5.24. The molecule has 4 aromatic carbocycles. The molecule has 0 saturated carbocycles. The van der Waals surface area contributed by atoms with Gasteiger partial charge in [0.05, 0.1) is 16.3 Å². The molecule has 0 aliphatic carbocycles. The molecule has 0 radical (unpaired) electrons. The zero-order chi connectivity index (χ0) is 24.1. The Morgan fingerprint density at radius 3 is 1.68 bits per heavy atom. The predicted molar refractivity (Wildman–Crippen MR) is 132 cm³/mol. The number of nitro benzene ring substituents is 1. The van der Waals surface area contributed by atoms with Crippen LogP contribution in [0.5, 0.6) is 0 Å². The highest BCUT2D eigenvalue weighted by Gasteiger charge is 2.30. The molecule has 2 amide bonds. The molecule has 0 fully saturated rings. The molecule has 4 aromatic rings. The van der Waals surface area contributed by atoms with Crippen LogP contribution >= 0.6 is 0 Å². The maximum Gasteiger partial charge on any atom is 0.282 e. The number of hydrogen-bond acceptors (Lipinski definition) is 5. The molecule has 0 unspecified atom stereocenters. The van der Waals surface area contributed by atoms with Crippen LogP contribution in [-0.4, -0.2) is 16.7 Å². The van der Waals surface area contributed by atoms with Gasteiger partial charge in [-0.3, -0.25) is 19.7 Å².